The highest BCUT2D eigenvalue weighted by Crippen LogP contribution is 2.29. The van der Waals surface area contributed by atoms with Gasteiger partial charge in [-0.05, 0) is 24.8 Å². The summed E-state index contributed by atoms with van der Waals surface area (Å²) in [5.74, 6) is 0. The first-order valence-corrected chi connectivity index (χ1v) is 8.58. The maximum Gasteiger partial charge on any atom is 0.407 e. The van der Waals surface area contributed by atoms with Crippen LogP contribution < -0.4 is 5.32 Å². The van der Waals surface area contributed by atoms with E-state index < -0.39 is 0 Å². The summed E-state index contributed by atoms with van der Waals surface area (Å²) in [6.07, 6.45) is 2.91. The standard InChI is InChI=1S/C18H26N2O4/c1-22-13-24-17-9-10-20-11-15(7-8-16(17)20)19-18(21)23-12-14-5-3-2-4-6-14/h2-6,15-17H,7-13H2,1H3,(H,19,21)/t15-,16-,17-/m0/s1. The van der Waals surface area contributed by atoms with Gasteiger partial charge in [0, 0.05) is 32.3 Å². The minimum atomic E-state index is -0.339. The summed E-state index contributed by atoms with van der Waals surface area (Å²) in [4.78, 5) is 14.4. The van der Waals surface area contributed by atoms with Gasteiger partial charge in [0.15, 0.2) is 0 Å². The summed E-state index contributed by atoms with van der Waals surface area (Å²) in [5.41, 5.74) is 0.994. The van der Waals surface area contributed by atoms with Crippen molar-refractivity contribution >= 4 is 6.09 Å². The van der Waals surface area contributed by atoms with Crippen molar-refractivity contribution in [2.45, 2.75) is 44.1 Å². The fraction of sp³-hybridized carbons (Fsp3) is 0.611. The Morgan fingerprint density at radius 2 is 2.08 bits per heavy atom. The molecule has 2 saturated heterocycles. The van der Waals surface area contributed by atoms with Crippen molar-refractivity contribution in [3.05, 3.63) is 35.9 Å². The normalized spacial score (nSPS) is 26.8. The van der Waals surface area contributed by atoms with Crippen LogP contribution in [0.2, 0.25) is 0 Å². The highest BCUT2D eigenvalue weighted by atomic mass is 16.7. The summed E-state index contributed by atoms with van der Waals surface area (Å²) < 4.78 is 16.1. The van der Waals surface area contributed by atoms with Crippen LogP contribution in [-0.2, 0) is 20.8 Å². The molecule has 0 aliphatic carbocycles. The number of benzene rings is 1. The number of hydrogen-bond acceptors (Lipinski definition) is 5. The predicted octanol–water partition coefficient (Wildman–Crippen LogP) is 2.14. The van der Waals surface area contributed by atoms with Crippen LogP contribution in [0.3, 0.4) is 0 Å². The van der Waals surface area contributed by atoms with E-state index in [9.17, 15) is 4.79 Å². The number of alkyl carbamates (subject to hydrolysis) is 1. The Kier molecular flexibility index (Phi) is 6.07. The van der Waals surface area contributed by atoms with Gasteiger partial charge in [-0.1, -0.05) is 30.3 Å². The summed E-state index contributed by atoms with van der Waals surface area (Å²) in [5, 5.41) is 2.99. The molecule has 0 bridgehead atoms. The van der Waals surface area contributed by atoms with Gasteiger partial charge < -0.3 is 19.5 Å². The summed E-state index contributed by atoms with van der Waals surface area (Å²) in [6.45, 7) is 2.52. The molecule has 1 aromatic rings. The first-order chi connectivity index (χ1) is 11.8. The molecule has 0 unspecified atom stereocenters. The molecular weight excluding hydrogens is 308 g/mol. The first kappa shape index (κ1) is 17.2. The molecule has 0 aromatic heterocycles. The molecule has 132 valence electrons. The zero-order valence-electron chi connectivity index (χ0n) is 14.1. The van der Waals surface area contributed by atoms with Crippen LogP contribution in [0.4, 0.5) is 4.79 Å². The highest BCUT2D eigenvalue weighted by Gasteiger charge is 2.39. The fourth-order valence-corrected chi connectivity index (χ4v) is 3.63. The van der Waals surface area contributed by atoms with E-state index >= 15 is 0 Å². The molecule has 6 heteroatoms. The molecule has 0 radical (unpaired) electrons. The van der Waals surface area contributed by atoms with E-state index in [0.717, 1.165) is 37.9 Å². The van der Waals surface area contributed by atoms with Crippen LogP contribution in [0.15, 0.2) is 30.3 Å². The molecule has 6 nitrogen and oxygen atoms in total. The van der Waals surface area contributed by atoms with Crippen LogP contribution >= 0.6 is 0 Å². The number of ether oxygens (including phenoxy) is 3. The van der Waals surface area contributed by atoms with E-state index in [1.807, 2.05) is 30.3 Å². The van der Waals surface area contributed by atoms with E-state index in [0.29, 0.717) is 19.4 Å². The quantitative estimate of drug-likeness (QED) is 0.808. The Balaban J connectivity index is 1.41. The van der Waals surface area contributed by atoms with Gasteiger partial charge in [0.2, 0.25) is 0 Å². The van der Waals surface area contributed by atoms with Gasteiger partial charge in [0.25, 0.3) is 0 Å². The van der Waals surface area contributed by atoms with Crippen LogP contribution in [0.25, 0.3) is 0 Å². The molecule has 0 spiro atoms. The number of fused-ring (bicyclic) bond motifs is 1. The van der Waals surface area contributed by atoms with Gasteiger partial charge in [-0.15, -0.1) is 0 Å². The van der Waals surface area contributed by atoms with Crippen molar-refractivity contribution in [1.29, 1.82) is 0 Å². The lowest BCUT2D eigenvalue weighted by molar-refractivity contribution is -0.0850. The monoisotopic (exact) mass is 334 g/mol. The lowest BCUT2D eigenvalue weighted by atomic mass is 9.97. The highest BCUT2D eigenvalue weighted by molar-refractivity contribution is 5.67. The molecular formula is C18H26N2O4. The second-order valence-corrected chi connectivity index (χ2v) is 6.44. The smallest absolute Gasteiger partial charge is 0.407 e. The maximum absolute atomic E-state index is 12.0. The third-order valence-electron chi connectivity index (χ3n) is 4.80. The average molecular weight is 334 g/mol. The number of piperidine rings is 1. The minimum absolute atomic E-state index is 0.144. The summed E-state index contributed by atoms with van der Waals surface area (Å²) in [6, 6.07) is 10.3. The van der Waals surface area contributed by atoms with Crippen molar-refractivity contribution in [2.24, 2.45) is 0 Å². The Bertz CT molecular complexity index is 525. The van der Waals surface area contributed by atoms with Crippen LogP contribution in [0.1, 0.15) is 24.8 Å². The van der Waals surface area contributed by atoms with Crippen molar-refractivity contribution in [3.63, 3.8) is 0 Å². The van der Waals surface area contributed by atoms with E-state index in [-0.39, 0.29) is 18.2 Å². The van der Waals surface area contributed by atoms with Gasteiger partial charge in [-0.3, -0.25) is 4.90 Å². The molecule has 2 aliphatic heterocycles. The van der Waals surface area contributed by atoms with Gasteiger partial charge in [0.1, 0.15) is 13.4 Å². The topological polar surface area (TPSA) is 60.0 Å². The van der Waals surface area contributed by atoms with E-state index in [2.05, 4.69) is 10.2 Å². The molecule has 2 fully saturated rings. The Morgan fingerprint density at radius 1 is 1.25 bits per heavy atom. The Hall–Kier alpha value is -1.63. The molecule has 0 saturated carbocycles. The van der Waals surface area contributed by atoms with Gasteiger partial charge in [-0.25, -0.2) is 4.79 Å². The van der Waals surface area contributed by atoms with E-state index in [4.69, 9.17) is 14.2 Å². The van der Waals surface area contributed by atoms with Crippen molar-refractivity contribution in [2.75, 3.05) is 27.0 Å². The molecule has 2 aliphatic rings. The zero-order valence-corrected chi connectivity index (χ0v) is 14.1. The minimum Gasteiger partial charge on any atom is -0.445 e. The van der Waals surface area contributed by atoms with Crippen molar-refractivity contribution in [3.8, 4) is 0 Å². The summed E-state index contributed by atoms with van der Waals surface area (Å²) >= 11 is 0. The van der Waals surface area contributed by atoms with E-state index in [1.165, 1.54) is 0 Å². The Labute approximate surface area is 143 Å². The van der Waals surface area contributed by atoms with Crippen LogP contribution in [-0.4, -0.2) is 56.2 Å². The van der Waals surface area contributed by atoms with Gasteiger partial charge in [-0.2, -0.15) is 0 Å². The number of methoxy groups -OCH3 is 1. The fourth-order valence-electron chi connectivity index (χ4n) is 3.63. The second kappa shape index (κ2) is 8.46. The largest absolute Gasteiger partial charge is 0.445 e. The predicted molar refractivity (Wildman–Crippen MR) is 89.5 cm³/mol. The molecule has 24 heavy (non-hydrogen) atoms. The SMILES string of the molecule is COCO[C@H]1CCN2C[C@@H](NC(=O)OCc3ccccc3)CC[C@@H]12. The van der Waals surface area contributed by atoms with E-state index in [1.54, 1.807) is 7.11 Å². The molecule has 1 amide bonds. The molecule has 3 rings (SSSR count). The first-order valence-electron chi connectivity index (χ1n) is 8.58. The van der Waals surface area contributed by atoms with Crippen LogP contribution in [0, 0.1) is 0 Å². The average Bonchev–Trinajstić information content (AvgIpc) is 3.01. The molecule has 1 N–H and O–H groups in total. The molecule has 2 heterocycles. The number of hydrogen-bond donors (Lipinski definition) is 1. The third-order valence-corrected chi connectivity index (χ3v) is 4.80. The maximum atomic E-state index is 12.0. The number of rotatable bonds is 6. The van der Waals surface area contributed by atoms with Crippen LogP contribution in [0.5, 0.6) is 0 Å². The molecule has 3 atom stereocenters. The summed E-state index contributed by atoms with van der Waals surface area (Å²) in [7, 11) is 1.65. The number of nitrogens with zero attached hydrogens (tertiary/aromatic N) is 1. The third kappa shape index (κ3) is 4.47. The van der Waals surface area contributed by atoms with Crippen molar-refractivity contribution in [1.82, 2.24) is 10.2 Å². The van der Waals surface area contributed by atoms with Gasteiger partial charge in [0.05, 0.1) is 6.10 Å². The lowest BCUT2D eigenvalue weighted by Gasteiger charge is -2.36. The number of carbonyl (C=O) groups is 1. The number of nitrogens with one attached hydrogen (secondary N) is 1. The number of amides is 1. The van der Waals surface area contributed by atoms with Gasteiger partial charge >= 0.3 is 6.09 Å². The Morgan fingerprint density at radius 3 is 2.88 bits per heavy atom. The second-order valence-electron chi connectivity index (χ2n) is 6.44. The zero-order chi connectivity index (χ0) is 16.8. The van der Waals surface area contributed by atoms with Crippen molar-refractivity contribution < 1.29 is 19.0 Å². The number of carbonyl (C=O) groups excluding carboxylic acids is 1. The molecule has 1 aromatic carbocycles. The lowest BCUT2D eigenvalue weighted by Crippen LogP contribution is -2.51.